The van der Waals surface area contributed by atoms with Gasteiger partial charge in [0, 0.05) is 5.56 Å². The highest BCUT2D eigenvalue weighted by Gasteiger charge is 2.15. The predicted octanol–water partition coefficient (Wildman–Crippen LogP) is 1.15. The Bertz CT molecular complexity index is 603. The number of aromatic amines is 1. The van der Waals surface area contributed by atoms with E-state index in [0.717, 1.165) is 0 Å². The topological polar surface area (TPSA) is 88.7 Å². The number of hydrogen-bond donors (Lipinski definition) is 3. The molecule has 0 spiro atoms. The Morgan fingerprint density at radius 3 is 2.72 bits per heavy atom. The molecule has 6 nitrogen and oxygen atoms in total. The van der Waals surface area contributed by atoms with Crippen molar-refractivity contribution in [2.75, 3.05) is 5.84 Å². The summed E-state index contributed by atoms with van der Waals surface area (Å²) in [6.45, 7) is 1.79. The molecule has 1 aromatic carbocycles. The third-order valence-corrected chi connectivity index (χ3v) is 2.79. The second-order valence-electron chi connectivity index (χ2n) is 3.82. The fourth-order valence-corrected chi connectivity index (χ4v) is 1.70. The summed E-state index contributed by atoms with van der Waals surface area (Å²) in [7, 11) is 0. The van der Waals surface area contributed by atoms with Crippen molar-refractivity contribution in [3.63, 3.8) is 0 Å². The minimum atomic E-state index is -0.337. The lowest BCUT2D eigenvalue weighted by Gasteiger charge is -2.12. The minimum Gasteiger partial charge on any atom is -0.342 e. The Morgan fingerprint density at radius 2 is 2.17 bits per heavy atom. The van der Waals surface area contributed by atoms with Crippen molar-refractivity contribution in [2.45, 2.75) is 13.0 Å². The molecule has 2 rings (SSSR count). The summed E-state index contributed by atoms with van der Waals surface area (Å²) >= 11 is 4.91. The van der Waals surface area contributed by atoms with Gasteiger partial charge in [-0.2, -0.15) is 5.10 Å². The molecule has 0 radical (unpaired) electrons. The fourth-order valence-electron chi connectivity index (χ4n) is 1.56. The zero-order valence-corrected chi connectivity index (χ0v) is 10.6. The van der Waals surface area contributed by atoms with Gasteiger partial charge in [0.1, 0.15) is 0 Å². The van der Waals surface area contributed by atoms with Gasteiger partial charge in [0.2, 0.25) is 4.77 Å². The molecular formula is C11H13N5OS. The van der Waals surface area contributed by atoms with Crippen LogP contribution in [0.5, 0.6) is 0 Å². The van der Waals surface area contributed by atoms with E-state index in [1.807, 2.05) is 6.07 Å². The van der Waals surface area contributed by atoms with Crippen molar-refractivity contribution >= 4 is 18.1 Å². The van der Waals surface area contributed by atoms with Crippen molar-refractivity contribution in [3.8, 4) is 0 Å². The number of benzene rings is 1. The largest absolute Gasteiger partial charge is 0.342 e. The molecule has 1 atom stereocenters. The molecular weight excluding hydrogens is 250 g/mol. The van der Waals surface area contributed by atoms with Gasteiger partial charge >= 0.3 is 0 Å². The first-order valence-electron chi connectivity index (χ1n) is 5.38. The molecule has 94 valence electrons. The van der Waals surface area contributed by atoms with E-state index in [0.29, 0.717) is 16.2 Å². The number of rotatable bonds is 3. The Kier molecular flexibility index (Phi) is 3.42. The number of nitrogen functional groups attached to an aromatic ring is 1. The molecule has 0 saturated heterocycles. The van der Waals surface area contributed by atoms with Crippen LogP contribution < -0.4 is 11.2 Å². The predicted molar refractivity (Wildman–Crippen MR) is 69.9 cm³/mol. The normalized spacial score (nSPS) is 12.1. The van der Waals surface area contributed by atoms with Crippen LogP contribution in [0.25, 0.3) is 0 Å². The van der Waals surface area contributed by atoms with E-state index < -0.39 is 0 Å². The molecule has 0 saturated carbocycles. The number of H-pyrrole nitrogens is 1. The van der Waals surface area contributed by atoms with Gasteiger partial charge in [-0.25, -0.2) is 4.68 Å². The van der Waals surface area contributed by atoms with E-state index in [2.05, 4.69) is 15.5 Å². The summed E-state index contributed by atoms with van der Waals surface area (Å²) < 4.78 is 1.55. The van der Waals surface area contributed by atoms with Gasteiger partial charge in [0.15, 0.2) is 5.82 Å². The van der Waals surface area contributed by atoms with Crippen LogP contribution in [-0.2, 0) is 0 Å². The summed E-state index contributed by atoms with van der Waals surface area (Å²) in [5.74, 6) is 5.98. The summed E-state index contributed by atoms with van der Waals surface area (Å²) in [5, 5.41) is 9.34. The minimum absolute atomic E-state index is 0.183. The van der Waals surface area contributed by atoms with E-state index in [4.69, 9.17) is 18.1 Å². The number of aromatic nitrogens is 3. The highest BCUT2D eigenvalue weighted by atomic mass is 32.1. The maximum absolute atomic E-state index is 11.9. The Hall–Kier alpha value is -2.15. The van der Waals surface area contributed by atoms with Gasteiger partial charge in [-0.3, -0.25) is 9.89 Å². The summed E-state index contributed by atoms with van der Waals surface area (Å²) in [4.78, 5) is 11.9. The van der Waals surface area contributed by atoms with Gasteiger partial charge in [-0.05, 0) is 31.3 Å². The van der Waals surface area contributed by atoms with Crippen LogP contribution in [0, 0.1) is 4.77 Å². The number of carbonyl (C=O) groups excluding carboxylic acids is 1. The first kappa shape index (κ1) is 12.3. The first-order valence-corrected chi connectivity index (χ1v) is 5.78. The molecule has 7 heteroatoms. The highest BCUT2D eigenvalue weighted by Crippen LogP contribution is 2.08. The quantitative estimate of drug-likeness (QED) is 0.572. The average molecular weight is 263 g/mol. The Balaban J connectivity index is 2.13. The summed E-state index contributed by atoms with van der Waals surface area (Å²) in [6, 6.07) is 8.60. The number of nitrogens with one attached hydrogen (secondary N) is 2. The average Bonchev–Trinajstić information content (AvgIpc) is 2.71. The lowest BCUT2D eigenvalue weighted by Crippen LogP contribution is -2.30. The van der Waals surface area contributed by atoms with Gasteiger partial charge in [0.25, 0.3) is 5.91 Å². The van der Waals surface area contributed by atoms with Gasteiger partial charge in [-0.1, -0.05) is 18.2 Å². The van der Waals surface area contributed by atoms with E-state index in [1.165, 1.54) is 4.68 Å². The van der Waals surface area contributed by atoms with Crippen LogP contribution in [-0.4, -0.2) is 20.8 Å². The lowest BCUT2D eigenvalue weighted by molar-refractivity contribution is 0.0938. The van der Waals surface area contributed by atoms with Crippen LogP contribution in [0.2, 0.25) is 0 Å². The SMILES string of the molecule is C[C@H](NC(=O)c1ccccc1)c1n[nH]c(=S)n1N. The molecule has 0 bridgehead atoms. The van der Waals surface area contributed by atoms with Crippen molar-refractivity contribution in [3.05, 3.63) is 46.5 Å². The Morgan fingerprint density at radius 1 is 1.50 bits per heavy atom. The number of amides is 1. The number of nitrogens with two attached hydrogens (primary N) is 1. The molecule has 1 amide bonds. The molecule has 18 heavy (non-hydrogen) atoms. The van der Waals surface area contributed by atoms with Gasteiger partial charge in [-0.15, -0.1) is 0 Å². The third-order valence-electron chi connectivity index (χ3n) is 2.50. The van der Waals surface area contributed by atoms with E-state index in [9.17, 15) is 4.79 Å². The molecule has 1 aromatic heterocycles. The first-order chi connectivity index (χ1) is 8.59. The zero-order valence-electron chi connectivity index (χ0n) is 9.75. The van der Waals surface area contributed by atoms with Crippen LogP contribution >= 0.6 is 12.2 Å². The van der Waals surface area contributed by atoms with Crippen LogP contribution in [0.3, 0.4) is 0 Å². The van der Waals surface area contributed by atoms with E-state index in [-0.39, 0.29) is 11.9 Å². The molecule has 0 aliphatic heterocycles. The molecule has 1 heterocycles. The summed E-state index contributed by atoms with van der Waals surface area (Å²) in [6.07, 6.45) is 0. The second kappa shape index (κ2) is 5.01. The number of hydrogen-bond acceptors (Lipinski definition) is 4. The molecule has 0 unspecified atom stereocenters. The van der Waals surface area contributed by atoms with Crippen molar-refractivity contribution in [1.82, 2.24) is 20.2 Å². The van der Waals surface area contributed by atoms with Crippen LogP contribution in [0.15, 0.2) is 30.3 Å². The fraction of sp³-hybridized carbons (Fsp3) is 0.182. The lowest BCUT2D eigenvalue weighted by atomic mass is 10.2. The smallest absolute Gasteiger partial charge is 0.251 e. The van der Waals surface area contributed by atoms with Crippen LogP contribution in [0.4, 0.5) is 0 Å². The monoisotopic (exact) mass is 263 g/mol. The van der Waals surface area contributed by atoms with Gasteiger partial charge < -0.3 is 11.2 Å². The molecule has 0 aliphatic rings. The van der Waals surface area contributed by atoms with Crippen molar-refractivity contribution in [2.24, 2.45) is 0 Å². The standard InChI is InChI=1S/C11H13N5OS/c1-7(9-14-15-11(18)16(9)12)13-10(17)8-5-3-2-4-6-8/h2-7H,12H2,1H3,(H,13,17)(H,15,18)/t7-/m0/s1. The second-order valence-corrected chi connectivity index (χ2v) is 4.20. The maximum atomic E-state index is 11.9. The van der Waals surface area contributed by atoms with Crippen LogP contribution in [0.1, 0.15) is 29.1 Å². The molecule has 0 aliphatic carbocycles. The van der Waals surface area contributed by atoms with Gasteiger partial charge in [0.05, 0.1) is 6.04 Å². The number of carbonyl (C=O) groups is 1. The van der Waals surface area contributed by atoms with E-state index in [1.54, 1.807) is 31.2 Å². The number of nitrogens with zero attached hydrogens (tertiary/aromatic N) is 2. The van der Waals surface area contributed by atoms with Crippen molar-refractivity contribution < 1.29 is 4.79 Å². The molecule has 2 aromatic rings. The molecule has 0 fully saturated rings. The highest BCUT2D eigenvalue weighted by molar-refractivity contribution is 7.71. The van der Waals surface area contributed by atoms with E-state index >= 15 is 0 Å². The summed E-state index contributed by atoms with van der Waals surface area (Å²) in [5.41, 5.74) is 0.585. The van der Waals surface area contributed by atoms with Crippen molar-refractivity contribution in [1.29, 1.82) is 0 Å². The maximum Gasteiger partial charge on any atom is 0.251 e. The molecule has 4 N–H and O–H groups in total. The third kappa shape index (κ3) is 2.40. The zero-order chi connectivity index (χ0) is 13.1. The Labute approximate surface area is 109 Å².